The van der Waals surface area contributed by atoms with Gasteiger partial charge in [0, 0.05) is 57.9 Å². The SMILES string of the molecule is O=C(Nc1ccc([N+](=O)[O-])cc1Cl)c1cc(Cl)ccc1OCc1ccccc1SSCCCNC(=O)C1CC(F)(F)CN1C(=O)CNC(=O)c1ccnc2ccccc12. The minimum atomic E-state index is -3.27. The van der Waals surface area contributed by atoms with Crippen molar-refractivity contribution in [2.75, 3.05) is 30.7 Å². The van der Waals surface area contributed by atoms with Gasteiger partial charge < -0.3 is 25.6 Å². The van der Waals surface area contributed by atoms with Crippen molar-refractivity contribution in [3.8, 4) is 5.75 Å². The first-order valence-corrected chi connectivity index (χ1v) is 21.0. The summed E-state index contributed by atoms with van der Waals surface area (Å²) in [6.07, 6.45) is 1.13. The molecular weight excluding hydrogens is 850 g/mol. The molecule has 0 aliphatic carbocycles. The summed E-state index contributed by atoms with van der Waals surface area (Å²) in [5, 5.41) is 19.7. The van der Waals surface area contributed by atoms with Crippen LogP contribution in [0, 0.1) is 10.1 Å². The number of hydrogen-bond donors (Lipinski definition) is 3. The molecule has 1 saturated heterocycles. The number of carbonyl (C=O) groups excluding carboxylic acids is 4. The normalized spacial score (nSPS) is 14.4. The van der Waals surface area contributed by atoms with Gasteiger partial charge in [-0.25, -0.2) is 8.78 Å². The van der Waals surface area contributed by atoms with Crippen molar-refractivity contribution in [2.24, 2.45) is 0 Å². The predicted octanol–water partition coefficient (Wildman–Crippen LogP) is 8.19. The fourth-order valence-electron chi connectivity index (χ4n) is 6.10. The van der Waals surface area contributed by atoms with Crippen molar-refractivity contribution in [1.82, 2.24) is 20.5 Å². The van der Waals surface area contributed by atoms with E-state index in [9.17, 15) is 38.1 Å². The van der Waals surface area contributed by atoms with Crippen LogP contribution < -0.4 is 20.7 Å². The third-order valence-electron chi connectivity index (χ3n) is 8.99. The topological polar surface area (TPSA) is 173 Å². The Kier molecular flexibility index (Phi) is 14.3. The van der Waals surface area contributed by atoms with E-state index in [0.717, 1.165) is 21.4 Å². The van der Waals surface area contributed by atoms with Gasteiger partial charge in [-0.05, 0) is 48.9 Å². The largest absolute Gasteiger partial charge is 0.488 e. The summed E-state index contributed by atoms with van der Waals surface area (Å²) in [5.41, 5.74) is 1.73. The number of benzene rings is 4. The molecule has 5 aromatic rings. The first kappa shape index (κ1) is 43.1. The molecule has 6 rings (SSSR count). The lowest BCUT2D eigenvalue weighted by atomic mass is 10.1. The fourth-order valence-corrected chi connectivity index (χ4v) is 8.81. The number of nitro groups is 1. The molecule has 0 spiro atoms. The van der Waals surface area contributed by atoms with E-state index in [0.29, 0.717) is 23.1 Å². The number of nitrogens with zero attached hydrogens (tertiary/aromatic N) is 3. The van der Waals surface area contributed by atoms with Crippen LogP contribution in [0.1, 0.15) is 39.1 Å². The number of anilines is 1. The maximum Gasteiger partial charge on any atom is 0.271 e. The van der Waals surface area contributed by atoms with E-state index in [1.165, 1.54) is 52.1 Å². The van der Waals surface area contributed by atoms with Crippen LogP contribution in [-0.2, 0) is 16.2 Å². The summed E-state index contributed by atoms with van der Waals surface area (Å²) in [6, 6.07) is 22.8. The maximum absolute atomic E-state index is 14.5. The maximum atomic E-state index is 14.5. The molecule has 4 aromatic carbocycles. The molecule has 306 valence electrons. The van der Waals surface area contributed by atoms with Crippen LogP contribution in [0.2, 0.25) is 10.0 Å². The number of alkyl halides is 2. The summed E-state index contributed by atoms with van der Waals surface area (Å²) in [4.78, 5) is 68.6. The molecule has 1 unspecified atom stereocenters. The van der Waals surface area contributed by atoms with Crippen molar-refractivity contribution >= 4 is 90.7 Å². The number of non-ortho nitro benzene ring substituents is 1. The lowest BCUT2D eigenvalue weighted by Crippen LogP contribution is -2.49. The lowest BCUT2D eigenvalue weighted by molar-refractivity contribution is -0.384. The summed E-state index contributed by atoms with van der Waals surface area (Å²) in [5.74, 6) is -5.12. The van der Waals surface area contributed by atoms with Gasteiger partial charge in [0.2, 0.25) is 11.8 Å². The van der Waals surface area contributed by atoms with Gasteiger partial charge in [0.25, 0.3) is 23.4 Å². The quantitative estimate of drug-likeness (QED) is 0.0380. The zero-order valence-corrected chi connectivity index (χ0v) is 33.9. The number of fused-ring (bicyclic) bond motifs is 1. The van der Waals surface area contributed by atoms with Crippen LogP contribution in [0.4, 0.5) is 20.2 Å². The Morgan fingerprint density at radius 3 is 2.53 bits per heavy atom. The lowest BCUT2D eigenvalue weighted by Gasteiger charge is -2.23. The number of nitrogens with one attached hydrogen (secondary N) is 3. The number of nitro benzene ring substituents is 1. The van der Waals surface area contributed by atoms with Crippen LogP contribution >= 0.6 is 44.8 Å². The second-order valence-electron chi connectivity index (χ2n) is 13.1. The van der Waals surface area contributed by atoms with Gasteiger partial charge in [-0.1, -0.05) is 81.2 Å². The zero-order chi connectivity index (χ0) is 42.1. The number of halogens is 4. The van der Waals surface area contributed by atoms with Crippen LogP contribution in [0.5, 0.6) is 5.75 Å². The summed E-state index contributed by atoms with van der Waals surface area (Å²) in [6.45, 7) is -1.23. The third kappa shape index (κ3) is 11.2. The number of hydrogen-bond acceptors (Lipinski definition) is 10. The zero-order valence-electron chi connectivity index (χ0n) is 30.8. The highest BCUT2D eigenvalue weighted by Crippen LogP contribution is 2.36. The first-order chi connectivity index (χ1) is 28.3. The molecule has 4 amide bonds. The minimum absolute atomic E-state index is 0.0183. The monoisotopic (exact) mass is 882 g/mol. The Morgan fingerprint density at radius 1 is 0.949 bits per heavy atom. The molecule has 2 heterocycles. The number of para-hydroxylation sites is 1. The fraction of sp³-hybridized carbons (Fsp3) is 0.225. The van der Waals surface area contributed by atoms with E-state index in [2.05, 4.69) is 20.9 Å². The molecule has 1 fully saturated rings. The van der Waals surface area contributed by atoms with Gasteiger partial charge in [-0.3, -0.25) is 34.3 Å². The van der Waals surface area contributed by atoms with Gasteiger partial charge in [-0.15, -0.1) is 0 Å². The van der Waals surface area contributed by atoms with Gasteiger partial charge >= 0.3 is 0 Å². The molecule has 0 radical (unpaired) electrons. The smallest absolute Gasteiger partial charge is 0.271 e. The van der Waals surface area contributed by atoms with Gasteiger partial charge in [-0.2, -0.15) is 0 Å². The third-order valence-corrected chi connectivity index (χ3v) is 12.1. The average Bonchev–Trinajstić information content (AvgIpc) is 3.56. The standard InChI is InChI=1S/C40H34Cl2F2N6O7S2/c41-25-10-13-34(29(18-25)38(53)48-32-12-11-26(50(55)56)19-30(32)42)57-22-24-6-1-4-9-35(24)59-58-17-5-15-46-39(54)33-20-40(43,44)23-49(33)36(51)21-47-37(52)28-14-16-45-31-8-3-2-7-27(28)31/h1-4,6-14,16,18-19,33H,5,15,17,20-23H2,(H,46,54)(H,47,52)(H,48,53). The van der Waals surface area contributed by atoms with Crippen molar-refractivity contribution in [3.05, 3.63) is 134 Å². The Hall–Kier alpha value is -5.49. The number of ether oxygens (including phenoxy) is 1. The highest BCUT2D eigenvalue weighted by Gasteiger charge is 2.49. The minimum Gasteiger partial charge on any atom is -0.488 e. The Labute approximate surface area is 354 Å². The molecule has 19 heteroatoms. The summed E-state index contributed by atoms with van der Waals surface area (Å²) < 4.78 is 35.1. The molecule has 1 atom stereocenters. The van der Waals surface area contributed by atoms with E-state index in [1.54, 1.807) is 36.4 Å². The number of amides is 4. The summed E-state index contributed by atoms with van der Waals surface area (Å²) in [7, 11) is 2.97. The van der Waals surface area contributed by atoms with Crippen LogP contribution in [-0.4, -0.2) is 75.8 Å². The molecule has 1 aromatic heterocycles. The number of likely N-dealkylation sites (tertiary alicyclic amines) is 1. The van der Waals surface area contributed by atoms with Gasteiger partial charge in [0.1, 0.15) is 18.4 Å². The van der Waals surface area contributed by atoms with E-state index < -0.39 is 60.0 Å². The average molecular weight is 884 g/mol. The molecular formula is C40H34Cl2F2N6O7S2. The Bertz CT molecular complexity index is 2410. The van der Waals surface area contributed by atoms with E-state index in [4.69, 9.17) is 27.9 Å². The second-order valence-corrected chi connectivity index (χ2v) is 16.4. The van der Waals surface area contributed by atoms with Crippen molar-refractivity contribution < 1.29 is 37.6 Å². The molecule has 13 nitrogen and oxygen atoms in total. The van der Waals surface area contributed by atoms with Crippen LogP contribution in [0.15, 0.2) is 102 Å². The van der Waals surface area contributed by atoms with Crippen LogP contribution in [0.3, 0.4) is 0 Å². The van der Waals surface area contributed by atoms with E-state index >= 15 is 0 Å². The highest BCUT2D eigenvalue weighted by atomic mass is 35.5. The number of carbonyl (C=O) groups is 4. The van der Waals surface area contributed by atoms with E-state index in [1.807, 2.05) is 24.3 Å². The molecule has 3 N–H and O–H groups in total. The summed E-state index contributed by atoms with van der Waals surface area (Å²) >= 11 is 12.4. The first-order valence-electron chi connectivity index (χ1n) is 17.9. The van der Waals surface area contributed by atoms with Gasteiger partial charge in [0.15, 0.2) is 0 Å². The van der Waals surface area contributed by atoms with Crippen LogP contribution in [0.25, 0.3) is 10.9 Å². The number of rotatable bonds is 16. The number of aromatic nitrogens is 1. The van der Waals surface area contributed by atoms with Gasteiger partial charge in [0.05, 0.1) is 45.4 Å². The molecule has 0 bridgehead atoms. The number of pyridine rings is 1. The highest BCUT2D eigenvalue weighted by molar-refractivity contribution is 8.76. The van der Waals surface area contributed by atoms with E-state index in [-0.39, 0.29) is 51.4 Å². The molecule has 59 heavy (non-hydrogen) atoms. The van der Waals surface area contributed by atoms with Crippen molar-refractivity contribution in [3.63, 3.8) is 0 Å². The Balaban J connectivity index is 0.967. The second kappa shape index (κ2) is 19.5. The molecule has 1 aliphatic rings. The predicted molar refractivity (Wildman–Crippen MR) is 223 cm³/mol. The van der Waals surface area contributed by atoms with Crippen molar-refractivity contribution in [1.29, 1.82) is 0 Å². The Morgan fingerprint density at radius 2 is 1.73 bits per heavy atom. The van der Waals surface area contributed by atoms with Crippen molar-refractivity contribution in [2.45, 2.75) is 36.3 Å². The molecule has 0 saturated carbocycles. The molecule has 1 aliphatic heterocycles.